The van der Waals surface area contributed by atoms with Gasteiger partial charge in [0.05, 0.1) is 20.8 Å². The molecule has 12 heteroatoms. The van der Waals surface area contributed by atoms with Crippen LogP contribution in [0.5, 0.6) is 11.5 Å². The van der Waals surface area contributed by atoms with Crippen molar-refractivity contribution in [2.24, 2.45) is 5.92 Å². The number of hydrogen-bond donors (Lipinski definition) is 0. The lowest BCUT2D eigenvalue weighted by Crippen LogP contribution is -2.57. The highest BCUT2D eigenvalue weighted by atomic mass is 32.2. The molecule has 238 valence electrons. The maximum absolute atomic E-state index is 15.9. The van der Waals surface area contributed by atoms with E-state index in [4.69, 9.17) is 9.47 Å². The molecule has 1 aliphatic heterocycles. The smallest absolute Gasteiger partial charge is 0.271 e. The summed E-state index contributed by atoms with van der Waals surface area (Å²) < 4.78 is 71.6. The van der Waals surface area contributed by atoms with E-state index in [0.29, 0.717) is 41.8 Å². The number of sulfonamides is 1. The molecule has 1 aliphatic carbocycles. The molecular formula is C32H41F2N5O4S. The van der Waals surface area contributed by atoms with Gasteiger partial charge in [-0.05, 0) is 63.5 Å². The van der Waals surface area contributed by atoms with Gasteiger partial charge < -0.3 is 19.3 Å². The van der Waals surface area contributed by atoms with Crippen LogP contribution in [0.25, 0.3) is 0 Å². The van der Waals surface area contributed by atoms with Gasteiger partial charge in [-0.15, -0.1) is 0 Å². The second-order valence-corrected chi connectivity index (χ2v) is 13.8. The number of rotatable bonds is 11. The fourth-order valence-corrected chi connectivity index (χ4v) is 8.24. The van der Waals surface area contributed by atoms with Crippen LogP contribution < -0.4 is 18.7 Å². The largest absolute Gasteiger partial charge is 0.497 e. The zero-order valence-electron chi connectivity index (χ0n) is 25.8. The van der Waals surface area contributed by atoms with E-state index < -0.39 is 26.6 Å². The fraction of sp³-hybridized carbons (Fsp3) is 0.500. The molecule has 1 saturated carbocycles. The molecule has 5 rings (SSSR count). The van der Waals surface area contributed by atoms with Crippen molar-refractivity contribution in [3.63, 3.8) is 0 Å². The number of ether oxygens (including phenoxy) is 2. The number of methoxy groups -OCH3 is 2. The second-order valence-electron chi connectivity index (χ2n) is 12.0. The molecule has 0 spiro atoms. The number of likely N-dealkylation sites (N-methyl/N-ethyl adjacent to an activating group) is 1. The van der Waals surface area contributed by atoms with Crippen LogP contribution >= 0.6 is 0 Å². The topological polar surface area (TPSA) is 88.1 Å². The first-order chi connectivity index (χ1) is 21.1. The van der Waals surface area contributed by atoms with E-state index in [0.717, 1.165) is 35.7 Å². The maximum atomic E-state index is 15.9. The molecule has 2 fully saturated rings. The molecule has 1 atom stereocenters. The van der Waals surface area contributed by atoms with E-state index in [-0.39, 0.29) is 17.9 Å². The van der Waals surface area contributed by atoms with Crippen LogP contribution in [0.1, 0.15) is 50.5 Å². The summed E-state index contributed by atoms with van der Waals surface area (Å²) in [6, 6.07) is 8.55. The van der Waals surface area contributed by atoms with Gasteiger partial charge in [-0.3, -0.25) is 0 Å². The highest BCUT2D eigenvalue weighted by molar-refractivity contribution is 7.92. The Morgan fingerprint density at radius 2 is 1.75 bits per heavy atom. The van der Waals surface area contributed by atoms with Crippen LogP contribution in [0.4, 0.5) is 20.3 Å². The highest BCUT2D eigenvalue weighted by Crippen LogP contribution is 2.40. The average Bonchev–Trinajstić information content (AvgIpc) is 3.52. The third kappa shape index (κ3) is 6.46. The first-order valence-corrected chi connectivity index (χ1v) is 16.4. The summed E-state index contributed by atoms with van der Waals surface area (Å²) in [5.74, 6) is -0.846. The average molecular weight is 630 g/mol. The zero-order chi connectivity index (χ0) is 31.5. The van der Waals surface area contributed by atoms with Crippen molar-refractivity contribution in [1.29, 1.82) is 0 Å². The Morgan fingerprint density at radius 3 is 2.36 bits per heavy atom. The molecule has 44 heavy (non-hydrogen) atoms. The lowest BCUT2D eigenvalue weighted by atomic mass is 9.79. The number of piperidine rings is 1. The summed E-state index contributed by atoms with van der Waals surface area (Å²) in [6.45, 7) is 0.952. The maximum Gasteiger partial charge on any atom is 0.271 e. The fourth-order valence-electron chi connectivity index (χ4n) is 6.74. The Labute approximate surface area is 258 Å². The number of nitrogens with zero attached hydrogens (tertiary/aromatic N) is 5. The molecule has 2 aromatic carbocycles. The van der Waals surface area contributed by atoms with Crippen LogP contribution in [0.3, 0.4) is 0 Å². The van der Waals surface area contributed by atoms with E-state index in [1.807, 2.05) is 4.90 Å². The number of anilines is 2. The number of hydrogen-bond acceptors (Lipinski definition) is 8. The second kappa shape index (κ2) is 13.2. The number of benzene rings is 2. The van der Waals surface area contributed by atoms with Gasteiger partial charge in [0.15, 0.2) is 4.90 Å². The van der Waals surface area contributed by atoms with Crippen molar-refractivity contribution >= 4 is 21.5 Å². The summed E-state index contributed by atoms with van der Waals surface area (Å²) >= 11 is 0. The van der Waals surface area contributed by atoms with Gasteiger partial charge in [0.25, 0.3) is 10.0 Å². The first-order valence-electron chi connectivity index (χ1n) is 15.0. The predicted octanol–water partition coefficient (Wildman–Crippen LogP) is 5.65. The van der Waals surface area contributed by atoms with E-state index in [2.05, 4.69) is 29.0 Å². The third-order valence-electron chi connectivity index (χ3n) is 9.17. The molecule has 0 bridgehead atoms. The van der Waals surface area contributed by atoms with Crippen molar-refractivity contribution < 1.29 is 26.7 Å². The molecule has 3 aromatic rings. The van der Waals surface area contributed by atoms with Gasteiger partial charge in [-0.25, -0.2) is 31.5 Å². The normalized spacial score (nSPS) is 19.4. The van der Waals surface area contributed by atoms with E-state index >= 15 is 8.78 Å². The Hall–Kier alpha value is -3.51. The van der Waals surface area contributed by atoms with Crippen LogP contribution in [0, 0.1) is 17.6 Å². The minimum atomic E-state index is -4.77. The summed E-state index contributed by atoms with van der Waals surface area (Å²) in [6.07, 6.45) is 10.4. The lowest BCUT2D eigenvalue weighted by molar-refractivity contribution is 0.0957. The first kappa shape index (κ1) is 31.9. The molecule has 0 radical (unpaired) electrons. The highest BCUT2D eigenvalue weighted by Gasteiger charge is 2.41. The Morgan fingerprint density at radius 1 is 1.02 bits per heavy atom. The Kier molecular flexibility index (Phi) is 9.59. The SMILES string of the molecule is COc1ccc(CN(c2ccncn2)S(=O)(=O)c2c(F)cc(N3CCC[C@@](CC4CCCC4)(N(C)C)C3)cc2F)c(OC)c1. The summed E-state index contributed by atoms with van der Waals surface area (Å²) in [4.78, 5) is 11.2. The molecule has 0 unspecified atom stereocenters. The van der Waals surface area contributed by atoms with Gasteiger partial charge in [-0.2, -0.15) is 0 Å². The van der Waals surface area contributed by atoms with E-state index in [1.54, 1.807) is 18.2 Å². The van der Waals surface area contributed by atoms with Gasteiger partial charge in [0, 0.05) is 48.2 Å². The lowest BCUT2D eigenvalue weighted by Gasteiger charge is -2.49. The summed E-state index contributed by atoms with van der Waals surface area (Å²) in [5.41, 5.74) is 0.664. The Balaban J connectivity index is 1.49. The molecular weight excluding hydrogens is 588 g/mol. The molecule has 2 aliphatic rings. The monoisotopic (exact) mass is 629 g/mol. The molecule has 0 amide bonds. The zero-order valence-corrected chi connectivity index (χ0v) is 26.6. The quantitative estimate of drug-likeness (QED) is 0.269. The Bertz CT molecular complexity index is 1530. The minimum absolute atomic E-state index is 0.0422. The molecule has 0 N–H and O–H groups in total. The third-order valence-corrected chi connectivity index (χ3v) is 11.0. The van der Waals surface area contributed by atoms with Crippen LogP contribution in [0.2, 0.25) is 0 Å². The predicted molar refractivity (Wildman–Crippen MR) is 166 cm³/mol. The van der Waals surface area contributed by atoms with Crippen molar-refractivity contribution in [3.05, 3.63) is 66.1 Å². The van der Waals surface area contributed by atoms with Gasteiger partial charge in [-0.1, -0.05) is 25.7 Å². The summed E-state index contributed by atoms with van der Waals surface area (Å²) in [7, 11) is 2.33. The van der Waals surface area contributed by atoms with Crippen molar-refractivity contribution in [3.8, 4) is 11.5 Å². The van der Waals surface area contributed by atoms with Crippen LogP contribution in [-0.2, 0) is 16.6 Å². The van der Waals surface area contributed by atoms with Gasteiger partial charge in [0.2, 0.25) is 0 Å². The number of halogens is 2. The van der Waals surface area contributed by atoms with Crippen molar-refractivity contribution in [2.75, 3.05) is 50.6 Å². The van der Waals surface area contributed by atoms with Gasteiger partial charge >= 0.3 is 0 Å². The van der Waals surface area contributed by atoms with E-state index in [1.165, 1.54) is 58.5 Å². The van der Waals surface area contributed by atoms with Crippen LogP contribution in [0.15, 0.2) is 53.8 Å². The van der Waals surface area contributed by atoms with E-state index in [9.17, 15) is 8.42 Å². The van der Waals surface area contributed by atoms with Gasteiger partial charge in [0.1, 0.15) is 35.3 Å². The van der Waals surface area contributed by atoms with Crippen LogP contribution in [-0.4, -0.2) is 70.2 Å². The standard InChI is InChI=1S/C32H41F2N5O4S/c1-37(2)32(19-23-8-5-6-9-23)13-7-15-38(21-32)25-16-27(33)31(28(34)17-25)44(40,41)39(30-12-14-35-22-36-30)20-24-10-11-26(42-3)18-29(24)43-4/h10-12,14,16-18,22-23H,5-9,13,15,19-21H2,1-4H3/t32-/m0/s1. The van der Waals surface area contributed by atoms with Crippen molar-refractivity contribution in [2.45, 2.75) is 61.9 Å². The van der Waals surface area contributed by atoms with Crippen molar-refractivity contribution in [1.82, 2.24) is 14.9 Å². The molecule has 2 heterocycles. The molecule has 1 saturated heterocycles. The molecule has 9 nitrogen and oxygen atoms in total. The molecule has 1 aromatic heterocycles. The summed E-state index contributed by atoms with van der Waals surface area (Å²) in [5, 5.41) is 0. The minimum Gasteiger partial charge on any atom is -0.497 e. The number of aromatic nitrogens is 2.